The van der Waals surface area contributed by atoms with E-state index >= 15 is 0 Å². The molecule has 0 bridgehead atoms. The van der Waals surface area contributed by atoms with Crippen molar-refractivity contribution in [2.75, 3.05) is 0 Å². The third-order valence-electron chi connectivity index (χ3n) is 4.58. The number of halogens is 1. The first-order valence-electron chi connectivity index (χ1n) is 9.56. The van der Waals surface area contributed by atoms with E-state index in [4.69, 9.17) is 14.3 Å². The van der Waals surface area contributed by atoms with Gasteiger partial charge in [-0.2, -0.15) is 5.10 Å². The van der Waals surface area contributed by atoms with Gasteiger partial charge in [0.05, 0.1) is 15.3 Å². The molecular weight excluding hydrogens is 523 g/mol. The van der Waals surface area contributed by atoms with Crippen molar-refractivity contribution in [1.82, 2.24) is 5.43 Å². The highest BCUT2D eigenvalue weighted by Crippen LogP contribution is 2.23. The van der Waals surface area contributed by atoms with Gasteiger partial charge in [-0.05, 0) is 76.2 Å². The van der Waals surface area contributed by atoms with Crippen molar-refractivity contribution in [2.24, 2.45) is 5.10 Å². The summed E-state index contributed by atoms with van der Waals surface area (Å²) in [5.74, 6) is -0.506. The van der Waals surface area contributed by atoms with Crippen molar-refractivity contribution < 1.29 is 23.8 Å². The van der Waals surface area contributed by atoms with Crippen molar-refractivity contribution >= 4 is 51.7 Å². The second kappa shape index (κ2) is 9.65. The molecule has 0 aliphatic heterocycles. The summed E-state index contributed by atoms with van der Waals surface area (Å²) >= 11 is 2.16. The molecule has 0 unspecified atom stereocenters. The largest absolute Gasteiger partial charge is 0.488 e. The van der Waals surface area contributed by atoms with Crippen LogP contribution in [0, 0.1) is 3.57 Å². The van der Waals surface area contributed by atoms with E-state index < -0.39 is 11.9 Å². The van der Waals surface area contributed by atoms with Gasteiger partial charge in [0.2, 0.25) is 0 Å². The number of para-hydroxylation sites is 1. The standard InChI is InChI=1S/C24H17IN2O5/c25-19-11-16(7-10-21(19)31-14-15-5-8-17(9-6-15)24(29)30)13-26-27-23(28)22-12-18-3-1-2-4-20(18)32-22/h1-13H,14H2,(H,27,28)(H,29,30)/b26-13+. The Morgan fingerprint density at radius 3 is 2.56 bits per heavy atom. The summed E-state index contributed by atoms with van der Waals surface area (Å²) in [7, 11) is 0. The topological polar surface area (TPSA) is 101 Å². The van der Waals surface area contributed by atoms with Gasteiger partial charge in [0.15, 0.2) is 5.76 Å². The molecule has 160 valence electrons. The molecule has 2 N–H and O–H groups in total. The predicted octanol–water partition coefficient (Wildman–Crippen LogP) is 5.08. The normalized spacial score (nSPS) is 11.0. The minimum atomic E-state index is -0.960. The molecule has 32 heavy (non-hydrogen) atoms. The maximum Gasteiger partial charge on any atom is 0.335 e. The Kier molecular flexibility index (Phi) is 6.50. The summed E-state index contributed by atoms with van der Waals surface area (Å²) < 4.78 is 12.2. The Hall–Kier alpha value is -3.66. The smallest absolute Gasteiger partial charge is 0.335 e. The summed E-state index contributed by atoms with van der Waals surface area (Å²) in [6.07, 6.45) is 1.54. The molecule has 4 aromatic rings. The van der Waals surface area contributed by atoms with Gasteiger partial charge in [0, 0.05) is 5.39 Å². The molecular formula is C24H17IN2O5. The number of carbonyl (C=O) groups is 2. The molecule has 1 heterocycles. The molecule has 8 heteroatoms. The number of benzene rings is 3. The lowest BCUT2D eigenvalue weighted by Crippen LogP contribution is -2.16. The van der Waals surface area contributed by atoms with Crippen molar-refractivity contribution in [1.29, 1.82) is 0 Å². The Labute approximate surface area is 196 Å². The molecule has 7 nitrogen and oxygen atoms in total. The van der Waals surface area contributed by atoms with Crippen LogP contribution in [-0.4, -0.2) is 23.2 Å². The number of carbonyl (C=O) groups excluding carboxylic acids is 1. The highest BCUT2D eigenvalue weighted by Gasteiger charge is 2.11. The maximum atomic E-state index is 12.2. The van der Waals surface area contributed by atoms with Crippen molar-refractivity contribution in [3.8, 4) is 5.75 Å². The first kappa shape index (κ1) is 21.6. The number of ether oxygens (including phenoxy) is 1. The number of rotatable bonds is 7. The number of hydrazone groups is 1. The Morgan fingerprint density at radius 1 is 1.06 bits per heavy atom. The lowest BCUT2D eigenvalue weighted by atomic mass is 10.1. The average molecular weight is 540 g/mol. The molecule has 0 fully saturated rings. The second-order valence-corrected chi connectivity index (χ2v) is 7.99. The third kappa shape index (κ3) is 5.14. The van der Waals surface area contributed by atoms with Gasteiger partial charge >= 0.3 is 11.9 Å². The van der Waals surface area contributed by atoms with E-state index in [9.17, 15) is 9.59 Å². The first-order chi connectivity index (χ1) is 15.5. The number of nitrogens with one attached hydrogen (secondary N) is 1. The predicted molar refractivity (Wildman–Crippen MR) is 128 cm³/mol. The van der Waals surface area contributed by atoms with E-state index in [0.717, 1.165) is 20.1 Å². The molecule has 4 rings (SSSR count). The lowest BCUT2D eigenvalue weighted by molar-refractivity contribution is 0.0696. The fraction of sp³-hybridized carbons (Fsp3) is 0.0417. The van der Waals surface area contributed by atoms with Gasteiger partial charge in [-0.1, -0.05) is 30.3 Å². The van der Waals surface area contributed by atoms with E-state index in [1.165, 1.54) is 6.21 Å². The van der Waals surface area contributed by atoms with Crippen LogP contribution in [0.5, 0.6) is 5.75 Å². The van der Waals surface area contributed by atoms with Crippen LogP contribution in [0.25, 0.3) is 11.0 Å². The van der Waals surface area contributed by atoms with Crippen molar-refractivity contribution in [2.45, 2.75) is 6.61 Å². The van der Waals surface area contributed by atoms with Crippen molar-refractivity contribution in [3.05, 3.63) is 98.8 Å². The number of amides is 1. The minimum absolute atomic E-state index is 0.193. The number of aromatic carboxylic acids is 1. The van der Waals surface area contributed by atoms with E-state index in [2.05, 4.69) is 33.1 Å². The fourth-order valence-electron chi connectivity index (χ4n) is 2.93. The quantitative estimate of drug-likeness (QED) is 0.194. The summed E-state index contributed by atoms with van der Waals surface area (Å²) in [4.78, 5) is 23.2. The molecule has 0 saturated carbocycles. The van der Waals surface area contributed by atoms with Crippen LogP contribution < -0.4 is 10.2 Å². The first-order valence-corrected chi connectivity index (χ1v) is 10.6. The zero-order chi connectivity index (χ0) is 22.5. The summed E-state index contributed by atoms with van der Waals surface area (Å²) in [5, 5.41) is 13.8. The molecule has 0 radical (unpaired) electrons. The van der Waals surface area contributed by atoms with E-state index in [1.54, 1.807) is 36.4 Å². The highest BCUT2D eigenvalue weighted by atomic mass is 127. The van der Waals surface area contributed by atoms with Crippen LogP contribution in [0.3, 0.4) is 0 Å². The van der Waals surface area contributed by atoms with Crippen LogP contribution in [-0.2, 0) is 6.61 Å². The number of nitrogens with zero attached hydrogens (tertiary/aromatic N) is 1. The molecule has 3 aromatic carbocycles. The van der Waals surface area contributed by atoms with Gasteiger partial charge in [-0.25, -0.2) is 10.2 Å². The maximum absolute atomic E-state index is 12.2. The number of hydrogen-bond acceptors (Lipinski definition) is 5. The summed E-state index contributed by atoms with van der Waals surface area (Å²) in [6, 6.07) is 21.1. The number of hydrogen-bond donors (Lipinski definition) is 2. The Bertz CT molecular complexity index is 1280. The van der Waals surface area contributed by atoms with Gasteiger partial charge in [-0.15, -0.1) is 0 Å². The molecule has 0 spiro atoms. The number of carboxylic acid groups (broad SMARTS) is 1. The average Bonchev–Trinajstić information content (AvgIpc) is 3.23. The van der Waals surface area contributed by atoms with Crippen LogP contribution in [0.4, 0.5) is 0 Å². The SMILES string of the molecule is O=C(O)c1ccc(COc2ccc(/C=N/NC(=O)c3cc4ccccc4o3)cc2I)cc1. The minimum Gasteiger partial charge on any atom is -0.488 e. The van der Waals surface area contributed by atoms with Crippen molar-refractivity contribution in [3.63, 3.8) is 0 Å². The number of carboxylic acids is 1. The van der Waals surface area contributed by atoms with Gasteiger partial charge < -0.3 is 14.3 Å². The molecule has 0 saturated heterocycles. The summed E-state index contributed by atoms with van der Waals surface area (Å²) in [5.41, 5.74) is 5.00. The summed E-state index contributed by atoms with van der Waals surface area (Å²) in [6.45, 7) is 0.316. The van der Waals surface area contributed by atoms with Crippen LogP contribution in [0.1, 0.15) is 32.0 Å². The number of furan rings is 1. The number of fused-ring (bicyclic) bond motifs is 1. The Balaban J connectivity index is 1.34. The van der Waals surface area contributed by atoms with Crippen LogP contribution in [0.15, 0.2) is 82.3 Å². The Morgan fingerprint density at radius 2 is 1.84 bits per heavy atom. The fourth-order valence-corrected chi connectivity index (χ4v) is 3.63. The van der Waals surface area contributed by atoms with Crippen LogP contribution >= 0.6 is 22.6 Å². The zero-order valence-electron chi connectivity index (χ0n) is 16.6. The van der Waals surface area contributed by atoms with Gasteiger partial charge in [-0.3, -0.25) is 4.79 Å². The third-order valence-corrected chi connectivity index (χ3v) is 5.42. The second-order valence-electron chi connectivity index (χ2n) is 6.83. The van der Waals surface area contributed by atoms with Gasteiger partial charge in [0.25, 0.3) is 0 Å². The molecule has 0 aliphatic rings. The molecule has 1 aromatic heterocycles. The van der Waals surface area contributed by atoms with E-state index in [-0.39, 0.29) is 11.3 Å². The highest BCUT2D eigenvalue weighted by molar-refractivity contribution is 14.1. The lowest BCUT2D eigenvalue weighted by Gasteiger charge is -2.09. The van der Waals surface area contributed by atoms with Gasteiger partial charge in [0.1, 0.15) is 17.9 Å². The molecule has 1 amide bonds. The molecule has 0 atom stereocenters. The zero-order valence-corrected chi connectivity index (χ0v) is 18.8. The van der Waals surface area contributed by atoms with E-state index in [0.29, 0.717) is 17.9 Å². The molecule has 0 aliphatic carbocycles. The van der Waals surface area contributed by atoms with Crippen LogP contribution in [0.2, 0.25) is 0 Å². The monoisotopic (exact) mass is 540 g/mol. The van der Waals surface area contributed by atoms with E-state index in [1.807, 2.05) is 36.4 Å².